The van der Waals surface area contributed by atoms with E-state index in [1.807, 2.05) is 16.7 Å². The number of likely N-dealkylation sites (N-methyl/N-ethyl adjacent to an activating group) is 1. The lowest BCUT2D eigenvalue weighted by atomic mass is 9.79. The van der Waals surface area contributed by atoms with E-state index in [2.05, 4.69) is 10.2 Å². The molecule has 1 aromatic heterocycles. The zero-order valence-electron chi connectivity index (χ0n) is 14.0. The Morgan fingerprint density at radius 2 is 2.13 bits per heavy atom. The zero-order chi connectivity index (χ0) is 16.4. The fourth-order valence-corrected chi connectivity index (χ4v) is 4.47. The lowest BCUT2D eigenvalue weighted by molar-refractivity contribution is -0.134. The number of nitrogens with one attached hydrogen (secondary N) is 1. The number of likely N-dealkylation sites (tertiary alicyclic amines) is 1. The molecule has 6 heteroatoms. The van der Waals surface area contributed by atoms with Gasteiger partial charge in [0.2, 0.25) is 5.91 Å². The standard InChI is InChI=1S/C17H26N4O2/c1-3-20(16(23)15-7-10-18-19-15)14-11-17(8-5-4-6-9-17)21(12-14)13(2)22/h7,10,14H,3-6,8-9,11-12H2,1-2H3,(H,18,19)/t14-/m1/s1. The van der Waals surface area contributed by atoms with Crippen LogP contribution < -0.4 is 0 Å². The summed E-state index contributed by atoms with van der Waals surface area (Å²) in [6.45, 7) is 4.96. The SMILES string of the molecule is CCN(C(=O)c1ccn[nH]1)[C@H]1CN(C(C)=O)C2(CCCCC2)C1. The first-order chi connectivity index (χ1) is 11.1. The normalized spacial score (nSPS) is 23.2. The van der Waals surface area contributed by atoms with Crippen LogP contribution in [0.25, 0.3) is 0 Å². The van der Waals surface area contributed by atoms with Crippen molar-refractivity contribution < 1.29 is 9.59 Å². The Bertz CT molecular complexity index is 563. The number of carbonyl (C=O) groups is 2. The number of rotatable bonds is 3. The summed E-state index contributed by atoms with van der Waals surface area (Å²) in [7, 11) is 0. The molecule has 1 spiro atoms. The van der Waals surface area contributed by atoms with Crippen molar-refractivity contribution in [2.45, 2.75) is 64.0 Å². The summed E-state index contributed by atoms with van der Waals surface area (Å²) in [5.74, 6) is 0.116. The molecule has 1 atom stereocenters. The van der Waals surface area contributed by atoms with Gasteiger partial charge in [-0.3, -0.25) is 14.7 Å². The molecule has 6 nitrogen and oxygen atoms in total. The number of H-pyrrole nitrogens is 1. The average molecular weight is 318 g/mol. The van der Waals surface area contributed by atoms with Gasteiger partial charge in [-0.1, -0.05) is 19.3 Å². The minimum absolute atomic E-state index is 0.0219. The third kappa shape index (κ3) is 2.86. The molecular weight excluding hydrogens is 292 g/mol. The number of aromatic amines is 1. The molecule has 2 heterocycles. The van der Waals surface area contributed by atoms with Crippen LogP contribution in [0.5, 0.6) is 0 Å². The van der Waals surface area contributed by atoms with Gasteiger partial charge in [-0.25, -0.2) is 0 Å². The number of hydrogen-bond donors (Lipinski definition) is 1. The smallest absolute Gasteiger partial charge is 0.272 e. The van der Waals surface area contributed by atoms with Gasteiger partial charge in [-0.2, -0.15) is 5.10 Å². The molecule has 23 heavy (non-hydrogen) atoms. The molecule has 0 aromatic carbocycles. The Balaban J connectivity index is 1.82. The predicted molar refractivity (Wildman–Crippen MR) is 86.9 cm³/mol. The van der Waals surface area contributed by atoms with Gasteiger partial charge >= 0.3 is 0 Å². The summed E-state index contributed by atoms with van der Waals surface area (Å²) >= 11 is 0. The van der Waals surface area contributed by atoms with Crippen LogP contribution in [0.2, 0.25) is 0 Å². The highest BCUT2D eigenvalue weighted by Gasteiger charge is 2.49. The first-order valence-corrected chi connectivity index (χ1v) is 8.66. The molecule has 2 fully saturated rings. The van der Waals surface area contributed by atoms with Gasteiger partial charge in [0.25, 0.3) is 5.91 Å². The van der Waals surface area contributed by atoms with E-state index in [1.54, 1.807) is 19.2 Å². The fraction of sp³-hybridized carbons (Fsp3) is 0.706. The van der Waals surface area contributed by atoms with Crippen molar-refractivity contribution >= 4 is 11.8 Å². The van der Waals surface area contributed by atoms with Gasteiger partial charge < -0.3 is 9.80 Å². The van der Waals surface area contributed by atoms with E-state index in [9.17, 15) is 9.59 Å². The van der Waals surface area contributed by atoms with Crippen molar-refractivity contribution in [3.8, 4) is 0 Å². The summed E-state index contributed by atoms with van der Waals surface area (Å²) in [6.07, 6.45) is 8.25. The van der Waals surface area contributed by atoms with E-state index in [4.69, 9.17) is 0 Å². The molecule has 1 saturated carbocycles. The fourth-order valence-electron chi connectivity index (χ4n) is 4.47. The molecule has 2 aliphatic rings. The Hall–Kier alpha value is -1.85. The minimum atomic E-state index is -0.0313. The first-order valence-electron chi connectivity index (χ1n) is 8.66. The molecule has 126 valence electrons. The predicted octanol–water partition coefficient (Wildman–Crippen LogP) is 2.20. The van der Waals surface area contributed by atoms with Gasteiger partial charge in [0.15, 0.2) is 0 Å². The van der Waals surface area contributed by atoms with Crippen LogP contribution >= 0.6 is 0 Å². The van der Waals surface area contributed by atoms with Crippen molar-refractivity contribution in [3.05, 3.63) is 18.0 Å². The topological polar surface area (TPSA) is 69.3 Å². The van der Waals surface area contributed by atoms with Crippen LogP contribution in [-0.2, 0) is 4.79 Å². The van der Waals surface area contributed by atoms with Crippen molar-refractivity contribution in [3.63, 3.8) is 0 Å². The van der Waals surface area contributed by atoms with Gasteiger partial charge in [0, 0.05) is 31.7 Å². The Labute approximate surface area is 137 Å². The van der Waals surface area contributed by atoms with E-state index in [0.717, 1.165) is 19.3 Å². The van der Waals surface area contributed by atoms with Gasteiger partial charge in [0.05, 0.1) is 6.04 Å². The van der Waals surface area contributed by atoms with Gasteiger partial charge in [0.1, 0.15) is 5.69 Å². The summed E-state index contributed by atoms with van der Waals surface area (Å²) in [5, 5.41) is 6.63. The highest BCUT2D eigenvalue weighted by Crippen LogP contribution is 2.43. The third-order valence-corrected chi connectivity index (χ3v) is 5.52. The lowest BCUT2D eigenvalue weighted by Crippen LogP contribution is -2.47. The second-order valence-electron chi connectivity index (χ2n) is 6.83. The van der Waals surface area contributed by atoms with E-state index >= 15 is 0 Å². The molecule has 3 rings (SSSR count). The van der Waals surface area contributed by atoms with Gasteiger partial charge in [-0.15, -0.1) is 0 Å². The zero-order valence-corrected chi connectivity index (χ0v) is 14.0. The summed E-state index contributed by atoms with van der Waals surface area (Å²) < 4.78 is 0. The quantitative estimate of drug-likeness (QED) is 0.929. The maximum absolute atomic E-state index is 12.7. The molecular formula is C17H26N4O2. The highest BCUT2D eigenvalue weighted by atomic mass is 16.2. The maximum atomic E-state index is 12.7. The van der Waals surface area contributed by atoms with E-state index in [1.165, 1.54) is 19.3 Å². The minimum Gasteiger partial charge on any atom is -0.335 e. The van der Waals surface area contributed by atoms with Crippen LogP contribution in [0, 0.1) is 0 Å². The number of carbonyl (C=O) groups excluding carboxylic acids is 2. The number of aromatic nitrogens is 2. The Kier molecular flexibility index (Phi) is 4.41. The number of hydrogen-bond acceptors (Lipinski definition) is 3. The molecule has 1 aliphatic carbocycles. The van der Waals surface area contributed by atoms with Crippen molar-refractivity contribution in [1.29, 1.82) is 0 Å². The number of amides is 2. The summed E-state index contributed by atoms with van der Waals surface area (Å²) in [6, 6.07) is 1.80. The molecule has 0 radical (unpaired) electrons. The monoisotopic (exact) mass is 318 g/mol. The maximum Gasteiger partial charge on any atom is 0.272 e. The third-order valence-electron chi connectivity index (χ3n) is 5.52. The second-order valence-corrected chi connectivity index (χ2v) is 6.83. The molecule has 0 unspecified atom stereocenters. The lowest BCUT2D eigenvalue weighted by Gasteiger charge is -2.41. The molecule has 0 bridgehead atoms. The first kappa shape index (κ1) is 16.0. The summed E-state index contributed by atoms with van der Waals surface area (Å²) in [4.78, 5) is 28.8. The van der Waals surface area contributed by atoms with E-state index in [-0.39, 0.29) is 23.4 Å². The van der Waals surface area contributed by atoms with Gasteiger partial charge in [-0.05, 0) is 32.3 Å². The molecule has 1 aromatic rings. The Morgan fingerprint density at radius 1 is 1.39 bits per heavy atom. The molecule has 2 amide bonds. The van der Waals surface area contributed by atoms with Crippen LogP contribution in [0.15, 0.2) is 12.3 Å². The van der Waals surface area contributed by atoms with E-state index in [0.29, 0.717) is 18.8 Å². The van der Waals surface area contributed by atoms with Crippen molar-refractivity contribution in [1.82, 2.24) is 20.0 Å². The van der Waals surface area contributed by atoms with Crippen molar-refractivity contribution in [2.75, 3.05) is 13.1 Å². The van der Waals surface area contributed by atoms with Crippen LogP contribution in [0.1, 0.15) is 62.9 Å². The van der Waals surface area contributed by atoms with E-state index < -0.39 is 0 Å². The summed E-state index contributed by atoms with van der Waals surface area (Å²) in [5.41, 5.74) is 0.488. The Morgan fingerprint density at radius 3 is 2.70 bits per heavy atom. The highest BCUT2D eigenvalue weighted by molar-refractivity contribution is 5.92. The van der Waals surface area contributed by atoms with Crippen LogP contribution in [0.3, 0.4) is 0 Å². The molecule has 1 N–H and O–H groups in total. The van der Waals surface area contributed by atoms with Crippen LogP contribution in [0.4, 0.5) is 0 Å². The second kappa shape index (κ2) is 6.34. The molecule has 1 aliphatic heterocycles. The number of nitrogens with zero attached hydrogens (tertiary/aromatic N) is 3. The molecule has 1 saturated heterocycles. The average Bonchev–Trinajstić information content (AvgIpc) is 3.17. The van der Waals surface area contributed by atoms with Crippen molar-refractivity contribution in [2.24, 2.45) is 0 Å². The van der Waals surface area contributed by atoms with Crippen LogP contribution in [-0.4, -0.2) is 56.5 Å². The largest absolute Gasteiger partial charge is 0.335 e.